The zero-order valence-corrected chi connectivity index (χ0v) is 18.0. The molecule has 2 heterocycles. The van der Waals surface area contributed by atoms with Crippen molar-refractivity contribution in [2.24, 2.45) is 0 Å². The summed E-state index contributed by atoms with van der Waals surface area (Å²) in [6, 6.07) is 8.66. The second kappa shape index (κ2) is 9.90. The molecule has 1 aromatic carbocycles. The van der Waals surface area contributed by atoms with Crippen LogP contribution in [0.5, 0.6) is 0 Å². The van der Waals surface area contributed by atoms with E-state index in [1.54, 1.807) is 12.1 Å². The Morgan fingerprint density at radius 2 is 1.90 bits per heavy atom. The summed E-state index contributed by atoms with van der Waals surface area (Å²) in [5, 5.41) is 15.3. The van der Waals surface area contributed by atoms with Crippen molar-refractivity contribution in [3.8, 4) is 0 Å². The molecule has 0 saturated carbocycles. The van der Waals surface area contributed by atoms with E-state index in [4.69, 9.17) is 0 Å². The lowest BCUT2D eigenvalue weighted by molar-refractivity contribution is -0.119. The second-order valence-electron chi connectivity index (χ2n) is 7.33. The highest BCUT2D eigenvalue weighted by molar-refractivity contribution is 7.13. The number of anilines is 2. The Morgan fingerprint density at radius 1 is 1.17 bits per heavy atom. The molecular weight excluding hydrogens is 407 g/mol. The minimum Gasteiger partial charge on any atom is -0.389 e. The standard InChI is InChI=1S/C21H27FN4O3S/c1-14-3-6-20(30-14)21(29)26-9-7-25(8-10-26)19-5-4-16(11-18(19)22)24-13-17(28)12-23-15(2)27/h3-6,11,17,24,28H,7-10,12-13H2,1-2H3,(H,23,27)/t17-/m0/s1. The van der Waals surface area contributed by atoms with Gasteiger partial charge in [0.05, 0.1) is 16.7 Å². The Kier molecular flexibility index (Phi) is 7.28. The minimum absolute atomic E-state index is 0.0330. The predicted octanol–water partition coefficient (Wildman–Crippen LogP) is 2.07. The first-order valence-electron chi connectivity index (χ1n) is 9.90. The first-order chi connectivity index (χ1) is 14.3. The van der Waals surface area contributed by atoms with Crippen molar-refractivity contribution < 1.29 is 19.1 Å². The molecule has 30 heavy (non-hydrogen) atoms. The van der Waals surface area contributed by atoms with Crippen LogP contribution in [0.1, 0.15) is 21.5 Å². The quantitative estimate of drug-likeness (QED) is 0.621. The Morgan fingerprint density at radius 3 is 2.50 bits per heavy atom. The third-order valence-corrected chi connectivity index (χ3v) is 5.92. The van der Waals surface area contributed by atoms with Gasteiger partial charge in [-0.25, -0.2) is 4.39 Å². The maximum Gasteiger partial charge on any atom is 0.264 e. The van der Waals surface area contributed by atoms with Gasteiger partial charge in [0.15, 0.2) is 0 Å². The van der Waals surface area contributed by atoms with Crippen molar-refractivity contribution >= 4 is 34.5 Å². The predicted molar refractivity (Wildman–Crippen MR) is 117 cm³/mol. The number of amides is 2. The third kappa shape index (κ3) is 5.70. The van der Waals surface area contributed by atoms with E-state index < -0.39 is 6.10 Å². The fraction of sp³-hybridized carbons (Fsp3) is 0.429. The molecule has 0 bridgehead atoms. The molecule has 0 radical (unpaired) electrons. The van der Waals surface area contributed by atoms with Gasteiger partial charge in [-0.05, 0) is 37.3 Å². The number of benzene rings is 1. The van der Waals surface area contributed by atoms with Crippen molar-refractivity contribution in [1.29, 1.82) is 0 Å². The number of piperazine rings is 1. The minimum atomic E-state index is -0.769. The van der Waals surface area contributed by atoms with Crippen LogP contribution >= 0.6 is 11.3 Å². The summed E-state index contributed by atoms with van der Waals surface area (Å²) in [7, 11) is 0. The van der Waals surface area contributed by atoms with Gasteiger partial charge in [0.2, 0.25) is 5.91 Å². The fourth-order valence-corrected chi connectivity index (χ4v) is 4.13. The lowest BCUT2D eigenvalue weighted by Gasteiger charge is -2.36. The molecule has 3 rings (SSSR count). The summed E-state index contributed by atoms with van der Waals surface area (Å²) in [6.07, 6.45) is -0.769. The molecule has 162 valence electrons. The summed E-state index contributed by atoms with van der Waals surface area (Å²) in [6.45, 7) is 5.91. The number of carbonyl (C=O) groups is 2. The number of rotatable bonds is 7. The first kappa shape index (κ1) is 22.0. The Balaban J connectivity index is 1.52. The summed E-state index contributed by atoms with van der Waals surface area (Å²) in [5.41, 5.74) is 1.05. The summed E-state index contributed by atoms with van der Waals surface area (Å²) in [5.74, 6) is -0.535. The van der Waals surface area contributed by atoms with Crippen molar-refractivity contribution in [3.05, 3.63) is 45.9 Å². The molecule has 7 nitrogen and oxygen atoms in total. The topological polar surface area (TPSA) is 84.9 Å². The normalized spacial score (nSPS) is 15.1. The number of halogens is 1. The third-order valence-electron chi connectivity index (χ3n) is 4.93. The van der Waals surface area contributed by atoms with Crippen molar-refractivity contribution in [2.45, 2.75) is 20.0 Å². The molecule has 1 fully saturated rings. The average Bonchev–Trinajstić information content (AvgIpc) is 3.16. The van der Waals surface area contributed by atoms with Crippen LogP contribution in [0.2, 0.25) is 0 Å². The van der Waals surface area contributed by atoms with E-state index in [2.05, 4.69) is 10.6 Å². The van der Waals surface area contributed by atoms with Crippen LogP contribution in [0.25, 0.3) is 0 Å². The number of nitrogens with one attached hydrogen (secondary N) is 2. The van der Waals surface area contributed by atoms with E-state index in [9.17, 15) is 19.1 Å². The largest absolute Gasteiger partial charge is 0.389 e. The van der Waals surface area contributed by atoms with E-state index >= 15 is 0 Å². The highest BCUT2D eigenvalue weighted by atomic mass is 32.1. The number of hydrogen-bond acceptors (Lipinski definition) is 6. The number of carbonyl (C=O) groups excluding carboxylic acids is 2. The molecule has 1 aliphatic rings. The maximum absolute atomic E-state index is 14.7. The molecule has 2 amide bonds. The molecule has 9 heteroatoms. The Bertz CT molecular complexity index is 896. The van der Waals surface area contributed by atoms with Crippen LogP contribution in [0.4, 0.5) is 15.8 Å². The van der Waals surface area contributed by atoms with Crippen LogP contribution in [0, 0.1) is 12.7 Å². The van der Waals surface area contributed by atoms with Crippen LogP contribution in [-0.4, -0.2) is 67.2 Å². The second-order valence-corrected chi connectivity index (χ2v) is 8.62. The van der Waals surface area contributed by atoms with Crippen LogP contribution in [0.15, 0.2) is 30.3 Å². The molecule has 2 aromatic rings. The number of hydrogen-bond donors (Lipinski definition) is 3. The number of thiophene rings is 1. The number of aliphatic hydroxyl groups excluding tert-OH is 1. The van der Waals surface area contributed by atoms with Gasteiger partial charge >= 0.3 is 0 Å². The molecule has 3 N–H and O–H groups in total. The molecule has 0 spiro atoms. The highest BCUT2D eigenvalue weighted by Crippen LogP contribution is 2.25. The van der Waals surface area contributed by atoms with Gasteiger partial charge in [-0.2, -0.15) is 0 Å². The molecule has 1 atom stereocenters. The molecule has 1 aliphatic heterocycles. The smallest absolute Gasteiger partial charge is 0.264 e. The van der Waals surface area contributed by atoms with Crippen molar-refractivity contribution in [2.75, 3.05) is 49.5 Å². The lowest BCUT2D eigenvalue weighted by atomic mass is 10.2. The first-order valence-corrected chi connectivity index (χ1v) is 10.7. The summed E-state index contributed by atoms with van der Waals surface area (Å²) in [4.78, 5) is 29.0. The molecule has 0 unspecified atom stereocenters. The summed E-state index contributed by atoms with van der Waals surface area (Å²) >= 11 is 1.49. The van der Waals surface area contributed by atoms with E-state index in [-0.39, 0.29) is 30.7 Å². The Hall–Kier alpha value is -2.65. The fourth-order valence-electron chi connectivity index (χ4n) is 3.30. The van der Waals surface area contributed by atoms with Gasteiger partial charge < -0.3 is 25.5 Å². The number of aliphatic hydroxyl groups is 1. The van der Waals surface area contributed by atoms with Gasteiger partial charge in [-0.3, -0.25) is 9.59 Å². The zero-order valence-electron chi connectivity index (χ0n) is 17.2. The SMILES string of the molecule is CC(=O)NC[C@H](O)CNc1ccc(N2CCN(C(=O)c3ccc(C)s3)CC2)c(F)c1. The number of aryl methyl sites for hydroxylation is 1. The van der Waals surface area contributed by atoms with Crippen molar-refractivity contribution in [3.63, 3.8) is 0 Å². The molecular formula is C21H27FN4O3S. The van der Waals surface area contributed by atoms with Gasteiger partial charge in [0.1, 0.15) is 5.82 Å². The monoisotopic (exact) mass is 434 g/mol. The van der Waals surface area contributed by atoms with Crippen LogP contribution < -0.4 is 15.5 Å². The zero-order chi connectivity index (χ0) is 21.7. The van der Waals surface area contributed by atoms with Crippen LogP contribution in [-0.2, 0) is 4.79 Å². The Labute approximate surface area is 179 Å². The van der Waals surface area contributed by atoms with Gasteiger partial charge in [0, 0.05) is 56.8 Å². The maximum atomic E-state index is 14.7. The highest BCUT2D eigenvalue weighted by Gasteiger charge is 2.24. The van der Waals surface area contributed by atoms with Gasteiger partial charge in [0.25, 0.3) is 5.91 Å². The molecule has 0 aliphatic carbocycles. The molecule has 1 saturated heterocycles. The van der Waals surface area contributed by atoms with E-state index in [0.717, 1.165) is 9.75 Å². The van der Waals surface area contributed by atoms with Crippen LogP contribution in [0.3, 0.4) is 0 Å². The van der Waals surface area contributed by atoms with Gasteiger partial charge in [-0.15, -0.1) is 11.3 Å². The van der Waals surface area contributed by atoms with E-state index in [1.807, 2.05) is 28.9 Å². The average molecular weight is 435 g/mol. The summed E-state index contributed by atoms with van der Waals surface area (Å²) < 4.78 is 14.7. The van der Waals surface area contributed by atoms with E-state index in [1.165, 1.54) is 24.3 Å². The number of nitrogens with zero attached hydrogens (tertiary/aromatic N) is 2. The molecule has 1 aromatic heterocycles. The van der Waals surface area contributed by atoms with E-state index in [0.29, 0.717) is 37.6 Å². The van der Waals surface area contributed by atoms with Crippen molar-refractivity contribution in [1.82, 2.24) is 10.2 Å². The van der Waals surface area contributed by atoms with Gasteiger partial charge in [-0.1, -0.05) is 0 Å². The lowest BCUT2D eigenvalue weighted by Crippen LogP contribution is -2.48.